The number of ether oxygens (including phenoxy) is 2. The second-order valence-corrected chi connectivity index (χ2v) is 8.37. The quantitative estimate of drug-likeness (QED) is 0.184. The van der Waals surface area contributed by atoms with Crippen LogP contribution >= 0.6 is 39.2 Å². The molecule has 0 bridgehead atoms. The molecule has 1 amide bonds. The molecule has 0 saturated heterocycles. The molecular formula is C21H17BrN4O3S2. The van der Waals surface area contributed by atoms with E-state index < -0.39 is 5.91 Å². The maximum absolute atomic E-state index is 12.3. The van der Waals surface area contributed by atoms with E-state index in [-0.39, 0.29) is 5.57 Å². The summed E-state index contributed by atoms with van der Waals surface area (Å²) in [6.07, 6.45) is 3.35. The van der Waals surface area contributed by atoms with Gasteiger partial charge in [-0.25, -0.2) is 0 Å². The lowest BCUT2D eigenvalue weighted by Gasteiger charge is -2.08. The monoisotopic (exact) mass is 516 g/mol. The van der Waals surface area contributed by atoms with E-state index in [0.29, 0.717) is 34.8 Å². The Balaban J connectivity index is 1.51. The first-order valence-corrected chi connectivity index (χ1v) is 11.8. The number of thioether (sulfide) groups is 1. The van der Waals surface area contributed by atoms with Crippen molar-refractivity contribution in [2.75, 3.05) is 24.8 Å². The predicted molar refractivity (Wildman–Crippen MR) is 125 cm³/mol. The standard InChI is InChI=1S/C21H17BrN4O3S2/c1-30-21-25-20(31-26-21)24-19(27)15(13-23)12-14-2-6-17(7-3-14)28-10-11-29-18-8-4-16(22)5-9-18/h2-9,12H,10-11H2,1H3,(H,24,25,26,27). The highest BCUT2D eigenvalue weighted by Crippen LogP contribution is 2.20. The van der Waals surface area contributed by atoms with Gasteiger partial charge in [0.15, 0.2) is 0 Å². The summed E-state index contributed by atoms with van der Waals surface area (Å²) in [5, 5.41) is 12.8. The molecule has 1 aromatic heterocycles. The van der Waals surface area contributed by atoms with Crippen molar-refractivity contribution in [1.82, 2.24) is 9.36 Å². The summed E-state index contributed by atoms with van der Waals surface area (Å²) < 4.78 is 16.3. The topological polar surface area (TPSA) is 97.1 Å². The van der Waals surface area contributed by atoms with Gasteiger partial charge >= 0.3 is 0 Å². The summed E-state index contributed by atoms with van der Waals surface area (Å²) in [7, 11) is 0. The van der Waals surface area contributed by atoms with Gasteiger partial charge in [0.1, 0.15) is 36.4 Å². The van der Waals surface area contributed by atoms with Crippen molar-refractivity contribution in [2.45, 2.75) is 5.16 Å². The van der Waals surface area contributed by atoms with Crippen LogP contribution in [0.5, 0.6) is 11.5 Å². The molecule has 31 heavy (non-hydrogen) atoms. The van der Waals surface area contributed by atoms with Gasteiger partial charge in [-0.2, -0.15) is 14.6 Å². The number of aromatic nitrogens is 2. The molecule has 0 aliphatic heterocycles. The molecule has 7 nitrogen and oxygen atoms in total. The first-order chi connectivity index (χ1) is 15.1. The van der Waals surface area contributed by atoms with Crippen molar-refractivity contribution in [1.29, 1.82) is 5.26 Å². The fourth-order valence-corrected chi connectivity index (χ4v) is 3.72. The van der Waals surface area contributed by atoms with Gasteiger partial charge in [0.2, 0.25) is 10.3 Å². The van der Waals surface area contributed by atoms with Crippen LogP contribution in [-0.4, -0.2) is 34.7 Å². The number of rotatable bonds is 9. The first-order valence-electron chi connectivity index (χ1n) is 8.99. The molecule has 3 rings (SSSR count). The second kappa shape index (κ2) is 11.5. The molecule has 2 aromatic carbocycles. The minimum atomic E-state index is -0.531. The van der Waals surface area contributed by atoms with Crippen LogP contribution < -0.4 is 14.8 Å². The third-order valence-electron chi connectivity index (χ3n) is 3.80. The molecule has 0 fully saturated rings. The second-order valence-electron chi connectivity index (χ2n) is 5.93. The van der Waals surface area contributed by atoms with E-state index in [9.17, 15) is 10.1 Å². The van der Waals surface area contributed by atoms with Crippen LogP contribution in [0.2, 0.25) is 0 Å². The molecule has 0 unspecified atom stereocenters. The maximum atomic E-state index is 12.3. The SMILES string of the molecule is CSc1nsc(NC(=O)C(C#N)=Cc2ccc(OCCOc3ccc(Br)cc3)cc2)n1. The number of benzene rings is 2. The van der Waals surface area contributed by atoms with Crippen LogP contribution in [0.3, 0.4) is 0 Å². The Morgan fingerprint density at radius 1 is 1.16 bits per heavy atom. The number of hydrogen-bond acceptors (Lipinski definition) is 8. The van der Waals surface area contributed by atoms with Crippen LogP contribution in [0.25, 0.3) is 6.08 Å². The van der Waals surface area contributed by atoms with Gasteiger partial charge in [0, 0.05) is 16.0 Å². The number of hydrogen-bond donors (Lipinski definition) is 1. The number of nitrogens with zero attached hydrogens (tertiary/aromatic N) is 3. The Labute approximate surface area is 196 Å². The van der Waals surface area contributed by atoms with Gasteiger partial charge < -0.3 is 9.47 Å². The average Bonchev–Trinajstić information content (AvgIpc) is 3.24. The highest BCUT2D eigenvalue weighted by Gasteiger charge is 2.12. The summed E-state index contributed by atoms with van der Waals surface area (Å²) in [5.74, 6) is 0.905. The van der Waals surface area contributed by atoms with Crippen LogP contribution in [-0.2, 0) is 4.79 Å². The van der Waals surface area contributed by atoms with Gasteiger partial charge in [-0.15, -0.1) is 0 Å². The molecule has 1 heterocycles. The minimum absolute atomic E-state index is 0.0301. The van der Waals surface area contributed by atoms with Crippen molar-refractivity contribution in [2.24, 2.45) is 0 Å². The lowest BCUT2D eigenvalue weighted by atomic mass is 10.1. The molecule has 158 valence electrons. The highest BCUT2D eigenvalue weighted by molar-refractivity contribution is 9.10. The molecule has 1 N–H and O–H groups in total. The number of carbonyl (C=O) groups is 1. The molecule has 10 heteroatoms. The van der Waals surface area contributed by atoms with Gasteiger partial charge in [-0.1, -0.05) is 39.8 Å². The third-order valence-corrected chi connectivity index (χ3v) is 5.62. The Bertz CT molecular complexity index is 1090. The smallest absolute Gasteiger partial charge is 0.268 e. The van der Waals surface area contributed by atoms with Crippen molar-refractivity contribution in [3.05, 3.63) is 64.1 Å². The number of anilines is 1. The fourth-order valence-electron chi connectivity index (χ4n) is 2.33. The van der Waals surface area contributed by atoms with E-state index in [1.807, 2.05) is 36.6 Å². The molecule has 0 spiro atoms. The number of carbonyl (C=O) groups excluding carboxylic acids is 1. The molecule has 0 aliphatic carbocycles. The lowest BCUT2D eigenvalue weighted by Crippen LogP contribution is -2.13. The highest BCUT2D eigenvalue weighted by atomic mass is 79.9. The largest absolute Gasteiger partial charge is 0.490 e. The number of halogens is 1. The van der Waals surface area contributed by atoms with E-state index >= 15 is 0 Å². The molecule has 0 aliphatic rings. The predicted octanol–water partition coefficient (Wildman–Crippen LogP) is 5.03. The zero-order chi connectivity index (χ0) is 22.1. The van der Waals surface area contributed by atoms with Gasteiger partial charge in [0.05, 0.1) is 0 Å². The van der Waals surface area contributed by atoms with Crippen molar-refractivity contribution >= 4 is 56.3 Å². The third kappa shape index (κ3) is 7.10. The van der Waals surface area contributed by atoms with Crippen molar-refractivity contribution < 1.29 is 14.3 Å². The maximum Gasteiger partial charge on any atom is 0.268 e. The van der Waals surface area contributed by atoms with Gasteiger partial charge in [-0.3, -0.25) is 10.1 Å². The van der Waals surface area contributed by atoms with Crippen LogP contribution in [0, 0.1) is 11.3 Å². The summed E-state index contributed by atoms with van der Waals surface area (Å²) in [4.78, 5) is 16.4. The number of nitriles is 1. The lowest BCUT2D eigenvalue weighted by molar-refractivity contribution is -0.112. The Kier molecular flexibility index (Phi) is 8.46. The van der Waals surface area contributed by atoms with E-state index in [4.69, 9.17) is 9.47 Å². The van der Waals surface area contributed by atoms with Gasteiger partial charge in [-0.05, 0) is 54.3 Å². The van der Waals surface area contributed by atoms with Crippen LogP contribution in [0.15, 0.2) is 63.7 Å². The zero-order valence-electron chi connectivity index (χ0n) is 16.4. The van der Waals surface area contributed by atoms with E-state index in [2.05, 4.69) is 30.6 Å². The molecular weight excluding hydrogens is 500 g/mol. The van der Waals surface area contributed by atoms with Crippen LogP contribution in [0.4, 0.5) is 5.13 Å². The number of nitrogens with one attached hydrogen (secondary N) is 1. The summed E-state index contributed by atoms with van der Waals surface area (Å²) >= 11 is 5.82. The molecule has 0 saturated carbocycles. The first kappa shape index (κ1) is 22.8. The van der Waals surface area contributed by atoms with Crippen molar-refractivity contribution in [3.8, 4) is 17.6 Å². The normalized spacial score (nSPS) is 10.9. The Hall–Kier alpha value is -2.87. The van der Waals surface area contributed by atoms with Gasteiger partial charge in [0.25, 0.3) is 5.91 Å². The molecule has 0 atom stereocenters. The molecule has 3 aromatic rings. The van der Waals surface area contributed by atoms with Crippen molar-refractivity contribution in [3.63, 3.8) is 0 Å². The summed E-state index contributed by atoms with van der Waals surface area (Å²) in [6.45, 7) is 0.795. The Morgan fingerprint density at radius 3 is 2.32 bits per heavy atom. The minimum Gasteiger partial charge on any atom is -0.490 e. The Morgan fingerprint density at radius 2 is 1.77 bits per heavy atom. The molecule has 0 radical (unpaired) electrons. The summed E-state index contributed by atoms with van der Waals surface area (Å²) in [6, 6.07) is 16.6. The average molecular weight is 517 g/mol. The fraction of sp³-hybridized carbons (Fsp3) is 0.143. The summed E-state index contributed by atoms with van der Waals surface area (Å²) in [5.41, 5.74) is 0.671. The van der Waals surface area contributed by atoms with E-state index in [0.717, 1.165) is 21.8 Å². The van der Waals surface area contributed by atoms with E-state index in [1.165, 1.54) is 17.8 Å². The van der Waals surface area contributed by atoms with Crippen LogP contribution in [0.1, 0.15) is 5.56 Å². The number of amides is 1. The zero-order valence-corrected chi connectivity index (χ0v) is 19.6. The van der Waals surface area contributed by atoms with E-state index in [1.54, 1.807) is 24.3 Å².